The van der Waals surface area contributed by atoms with E-state index in [9.17, 15) is 4.79 Å². The van der Waals surface area contributed by atoms with Crippen molar-refractivity contribution in [3.63, 3.8) is 0 Å². The first-order valence-corrected chi connectivity index (χ1v) is 11.9. The lowest BCUT2D eigenvalue weighted by Crippen LogP contribution is -2.48. The number of carbonyl (C=O) groups excluding carboxylic acids is 1. The fourth-order valence-corrected chi connectivity index (χ4v) is 7.30. The number of amides is 1. The van der Waals surface area contributed by atoms with E-state index in [1.807, 2.05) is 11.6 Å². The van der Waals surface area contributed by atoms with Crippen molar-refractivity contribution < 1.29 is 4.79 Å². The minimum Gasteiger partial charge on any atom is -0.324 e. The molecule has 1 aromatic carbocycles. The van der Waals surface area contributed by atoms with Gasteiger partial charge in [0.15, 0.2) is 5.16 Å². The Labute approximate surface area is 178 Å². The molecule has 6 rings (SSSR count). The van der Waals surface area contributed by atoms with Crippen LogP contribution in [0.3, 0.4) is 0 Å². The van der Waals surface area contributed by atoms with Gasteiger partial charge in [-0.2, -0.15) is 0 Å². The van der Waals surface area contributed by atoms with Gasteiger partial charge in [-0.1, -0.05) is 17.8 Å². The molecule has 1 aromatic heterocycles. The molecule has 1 heterocycles. The third-order valence-electron chi connectivity index (χ3n) is 6.90. The van der Waals surface area contributed by atoms with E-state index >= 15 is 0 Å². The van der Waals surface area contributed by atoms with E-state index in [1.165, 1.54) is 55.9 Å². The van der Waals surface area contributed by atoms with Crippen LogP contribution >= 0.6 is 27.7 Å². The summed E-state index contributed by atoms with van der Waals surface area (Å²) in [7, 11) is 1.88. The number of benzene rings is 1. The summed E-state index contributed by atoms with van der Waals surface area (Å²) in [6.07, 6.45) is 10.1. The third kappa shape index (κ3) is 3.41. The van der Waals surface area contributed by atoms with Crippen LogP contribution in [0, 0.1) is 17.8 Å². The number of aromatic nitrogens is 3. The topological polar surface area (TPSA) is 59.8 Å². The summed E-state index contributed by atoms with van der Waals surface area (Å²) in [5.41, 5.74) is 2.68. The van der Waals surface area contributed by atoms with Gasteiger partial charge in [-0.3, -0.25) is 4.79 Å². The number of aryl methyl sites for hydroxylation is 1. The average molecular weight is 461 g/mol. The van der Waals surface area contributed by atoms with Crippen LogP contribution in [-0.4, -0.2) is 26.4 Å². The highest BCUT2D eigenvalue weighted by atomic mass is 79.9. The zero-order valence-corrected chi connectivity index (χ0v) is 18.4. The molecule has 0 spiro atoms. The summed E-state index contributed by atoms with van der Waals surface area (Å²) in [5.74, 6) is 3.08. The first kappa shape index (κ1) is 18.7. The second kappa shape index (κ2) is 7.17. The second-order valence-electron chi connectivity index (χ2n) is 8.95. The van der Waals surface area contributed by atoms with E-state index in [4.69, 9.17) is 0 Å². The summed E-state index contributed by atoms with van der Waals surface area (Å²) < 4.78 is 2.80. The summed E-state index contributed by atoms with van der Waals surface area (Å²) in [6.45, 7) is 0. The maximum atomic E-state index is 12.4. The lowest BCUT2D eigenvalue weighted by molar-refractivity contribution is -0.113. The molecule has 4 fully saturated rings. The van der Waals surface area contributed by atoms with Crippen LogP contribution in [0.25, 0.3) is 0 Å². The highest BCUT2D eigenvalue weighted by molar-refractivity contribution is 9.10. The number of hydrogen-bond acceptors (Lipinski definition) is 4. The smallest absolute Gasteiger partial charge is 0.234 e. The van der Waals surface area contributed by atoms with Crippen LogP contribution in [0.1, 0.15) is 44.1 Å². The number of thioether (sulfide) groups is 1. The van der Waals surface area contributed by atoms with Gasteiger partial charge in [-0.05, 0) is 95.3 Å². The Morgan fingerprint density at radius 1 is 1.25 bits per heavy atom. The molecule has 1 N–H and O–H groups in total. The van der Waals surface area contributed by atoms with Crippen molar-refractivity contribution in [3.8, 4) is 0 Å². The molecular formula is C21H25BrN4OS. The van der Waals surface area contributed by atoms with Crippen molar-refractivity contribution in [1.82, 2.24) is 14.8 Å². The van der Waals surface area contributed by atoms with E-state index < -0.39 is 0 Å². The molecule has 0 saturated heterocycles. The zero-order chi connectivity index (χ0) is 19.3. The Morgan fingerprint density at radius 3 is 2.50 bits per heavy atom. The summed E-state index contributed by atoms with van der Waals surface area (Å²) in [5, 5.41) is 11.6. The average Bonchev–Trinajstić information content (AvgIpc) is 3.05. The van der Waals surface area contributed by atoms with Crippen LogP contribution < -0.4 is 5.32 Å². The molecule has 4 aliphatic rings. The largest absolute Gasteiger partial charge is 0.324 e. The highest BCUT2D eigenvalue weighted by Crippen LogP contribution is 2.60. The van der Waals surface area contributed by atoms with Gasteiger partial charge in [0.25, 0.3) is 0 Å². The van der Waals surface area contributed by atoms with Gasteiger partial charge in [0, 0.05) is 11.5 Å². The van der Waals surface area contributed by atoms with E-state index in [1.54, 1.807) is 6.33 Å². The number of anilines is 1. The van der Waals surface area contributed by atoms with E-state index in [-0.39, 0.29) is 5.91 Å². The van der Waals surface area contributed by atoms with Crippen molar-refractivity contribution in [1.29, 1.82) is 0 Å². The van der Waals surface area contributed by atoms with E-state index in [2.05, 4.69) is 49.6 Å². The molecule has 4 bridgehead atoms. The van der Waals surface area contributed by atoms with Crippen LogP contribution in [0.4, 0.5) is 5.69 Å². The number of halogens is 1. The molecule has 1 amide bonds. The third-order valence-corrected chi connectivity index (χ3v) is 8.59. The number of nitrogens with zero attached hydrogens (tertiary/aromatic N) is 3. The predicted molar refractivity (Wildman–Crippen MR) is 114 cm³/mol. The molecule has 5 nitrogen and oxygen atoms in total. The SMILES string of the molecule is Cn1cnnc1SCC(=O)Nc1ccc(C23CC4CC(CC(C4)C2)C3)cc1Br. The minimum atomic E-state index is -0.0312. The van der Waals surface area contributed by atoms with E-state index in [0.29, 0.717) is 11.2 Å². The van der Waals surface area contributed by atoms with Crippen molar-refractivity contribution in [2.45, 2.75) is 49.1 Å². The standard InChI is InChI=1S/C21H25BrN4OS/c1-26-12-23-25-20(26)28-11-19(27)24-18-3-2-16(7-17(18)22)21-8-13-4-14(9-21)6-15(5-13)10-21/h2-3,7,12-15H,4-6,8-11H2,1H3,(H,24,27). The second-order valence-corrected chi connectivity index (χ2v) is 10.8. The summed E-state index contributed by atoms with van der Waals surface area (Å²) >= 11 is 5.10. The number of rotatable bonds is 5. The Kier molecular flexibility index (Phi) is 4.78. The number of carbonyl (C=O) groups is 1. The molecule has 0 radical (unpaired) electrons. The summed E-state index contributed by atoms with van der Waals surface area (Å²) in [4.78, 5) is 12.4. The molecule has 0 unspecified atom stereocenters. The fraction of sp³-hybridized carbons (Fsp3) is 0.571. The van der Waals surface area contributed by atoms with Gasteiger partial charge >= 0.3 is 0 Å². The first-order valence-electron chi connectivity index (χ1n) is 10.1. The van der Waals surface area contributed by atoms with Crippen molar-refractivity contribution >= 4 is 39.3 Å². The molecule has 2 aromatic rings. The maximum Gasteiger partial charge on any atom is 0.234 e. The molecule has 148 valence electrons. The molecular weight excluding hydrogens is 436 g/mol. The van der Waals surface area contributed by atoms with Crippen LogP contribution in [-0.2, 0) is 17.3 Å². The summed E-state index contributed by atoms with van der Waals surface area (Å²) in [6, 6.07) is 6.59. The Bertz CT molecular complexity index is 876. The number of nitrogens with one attached hydrogen (secondary N) is 1. The molecule has 0 aliphatic heterocycles. The van der Waals surface area contributed by atoms with Crippen molar-refractivity contribution in [3.05, 3.63) is 34.6 Å². The van der Waals surface area contributed by atoms with Crippen LogP contribution in [0.2, 0.25) is 0 Å². The lowest BCUT2D eigenvalue weighted by Gasteiger charge is -2.57. The van der Waals surface area contributed by atoms with Crippen LogP contribution in [0.15, 0.2) is 34.2 Å². The molecule has 28 heavy (non-hydrogen) atoms. The lowest BCUT2D eigenvalue weighted by atomic mass is 9.48. The Balaban J connectivity index is 1.28. The van der Waals surface area contributed by atoms with Gasteiger partial charge < -0.3 is 9.88 Å². The fourth-order valence-electron chi connectivity index (χ4n) is 6.13. The predicted octanol–water partition coefficient (Wildman–Crippen LogP) is 4.78. The first-order chi connectivity index (χ1) is 13.5. The normalized spacial score (nSPS) is 30.6. The molecule has 0 atom stereocenters. The monoisotopic (exact) mass is 460 g/mol. The number of hydrogen-bond donors (Lipinski definition) is 1. The van der Waals surface area contributed by atoms with Gasteiger partial charge in [-0.15, -0.1) is 10.2 Å². The Hall–Kier alpha value is -1.34. The van der Waals surface area contributed by atoms with Gasteiger partial charge in [0.05, 0.1) is 11.4 Å². The van der Waals surface area contributed by atoms with Crippen LogP contribution in [0.5, 0.6) is 0 Å². The maximum absolute atomic E-state index is 12.4. The van der Waals surface area contributed by atoms with Crippen molar-refractivity contribution in [2.75, 3.05) is 11.1 Å². The van der Waals surface area contributed by atoms with Gasteiger partial charge in [-0.25, -0.2) is 0 Å². The zero-order valence-electron chi connectivity index (χ0n) is 16.0. The van der Waals surface area contributed by atoms with Gasteiger partial charge in [0.2, 0.25) is 5.91 Å². The molecule has 4 aliphatic carbocycles. The van der Waals surface area contributed by atoms with Crippen molar-refractivity contribution in [2.24, 2.45) is 24.8 Å². The highest BCUT2D eigenvalue weighted by Gasteiger charge is 2.51. The Morgan fingerprint density at radius 2 is 1.93 bits per heavy atom. The van der Waals surface area contributed by atoms with Gasteiger partial charge in [0.1, 0.15) is 6.33 Å². The van der Waals surface area contributed by atoms with E-state index in [0.717, 1.165) is 33.1 Å². The quantitative estimate of drug-likeness (QED) is 0.652. The molecule has 7 heteroatoms. The molecule has 4 saturated carbocycles. The minimum absolute atomic E-state index is 0.0312.